The average molecular weight is 254 g/mol. The molecule has 17 heavy (non-hydrogen) atoms. The lowest BCUT2D eigenvalue weighted by atomic mass is 10.0. The Labute approximate surface area is 104 Å². The fourth-order valence-corrected chi connectivity index (χ4v) is 1.89. The minimum Gasteiger partial charge on any atom is -0.338 e. The van der Waals surface area contributed by atoms with Gasteiger partial charge in [0.2, 0.25) is 0 Å². The molecule has 0 aliphatic heterocycles. The van der Waals surface area contributed by atoms with E-state index in [4.69, 9.17) is 17.3 Å². The molecule has 2 aromatic rings. The van der Waals surface area contributed by atoms with Crippen molar-refractivity contribution in [3.8, 4) is 0 Å². The topological polar surface area (TPSA) is 43.8 Å². The van der Waals surface area contributed by atoms with Crippen LogP contribution in [0.4, 0.5) is 4.39 Å². The number of hydrogen-bond donors (Lipinski definition) is 1. The number of aromatic nitrogens is 2. The van der Waals surface area contributed by atoms with E-state index in [-0.39, 0.29) is 5.02 Å². The first kappa shape index (κ1) is 12.1. The molecular formula is C12H13ClFN3. The molecule has 0 bridgehead atoms. The number of imidazole rings is 1. The first-order valence-electron chi connectivity index (χ1n) is 5.25. The van der Waals surface area contributed by atoms with Gasteiger partial charge < -0.3 is 10.3 Å². The van der Waals surface area contributed by atoms with E-state index in [1.54, 1.807) is 18.3 Å². The predicted molar refractivity (Wildman–Crippen MR) is 65.3 cm³/mol. The molecule has 0 aliphatic carbocycles. The van der Waals surface area contributed by atoms with E-state index in [9.17, 15) is 4.39 Å². The van der Waals surface area contributed by atoms with Gasteiger partial charge in [-0.3, -0.25) is 0 Å². The lowest BCUT2D eigenvalue weighted by Gasteiger charge is -2.13. The van der Waals surface area contributed by atoms with Gasteiger partial charge >= 0.3 is 0 Å². The molecular weight excluding hydrogens is 241 g/mol. The maximum Gasteiger partial charge on any atom is 0.146 e. The summed E-state index contributed by atoms with van der Waals surface area (Å²) in [5.74, 6) is 0.368. The Kier molecular flexibility index (Phi) is 3.45. The molecule has 3 nitrogen and oxygen atoms in total. The standard InChI is InChI=1S/C12H13ClFN3/c1-17-6-5-16-11(17)7-10(15)8-3-2-4-9(13)12(8)14/h2-6,10H,7,15H2,1H3. The molecule has 1 aromatic carbocycles. The van der Waals surface area contributed by atoms with Crippen molar-refractivity contribution in [1.82, 2.24) is 9.55 Å². The molecule has 1 unspecified atom stereocenters. The number of halogens is 2. The number of benzene rings is 1. The minimum atomic E-state index is -0.449. The van der Waals surface area contributed by atoms with Crippen molar-refractivity contribution in [2.45, 2.75) is 12.5 Å². The van der Waals surface area contributed by atoms with Crippen LogP contribution in [0.15, 0.2) is 30.6 Å². The molecule has 2 rings (SSSR count). The summed E-state index contributed by atoms with van der Waals surface area (Å²) in [6.07, 6.45) is 3.99. The van der Waals surface area contributed by atoms with Crippen LogP contribution in [-0.4, -0.2) is 9.55 Å². The van der Waals surface area contributed by atoms with Crippen molar-refractivity contribution in [2.75, 3.05) is 0 Å². The third kappa shape index (κ3) is 2.48. The maximum atomic E-state index is 13.7. The van der Waals surface area contributed by atoms with Gasteiger partial charge in [0.1, 0.15) is 11.6 Å². The maximum absolute atomic E-state index is 13.7. The highest BCUT2D eigenvalue weighted by molar-refractivity contribution is 6.30. The first-order valence-corrected chi connectivity index (χ1v) is 5.63. The first-order chi connectivity index (χ1) is 8.09. The van der Waals surface area contributed by atoms with Gasteiger partial charge in [-0.1, -0.05) is 23.7 Å². The summed E-state index contributed by atoms with van der Waals surface area (Å²) in [5, 5.41) is 0.0952. The van der Waals surface area contributed by atoms with E-state index in [1.807, 2.05) is 17.8 Å². The number of nitrogens with two attached hydrogens (primary N) is 1. The van der Waals surface area contributed by atoms with Gasteiger partial charge in [0.05, 0.1) is 5.02 Å². The average Bonchev–Trinajstić information content (AvgIpc) is 2.68. The second kappa shape index (κ2) is 4.85. The lowest BCUT2D eigenvalue weighted by molar-refractivity contribution is 0.570. The van der Waals surface area contributed by atoms with Crippen molar-refractivity contribution >= 4 is 11.6 Å². The molecule has 90 valence electrons. The zero-order valence-electron chi connectivity index (χ0n) is 9.40. The Morgan fingerprint density at radius 1 is 1.53 bits per heavy atom. The van der Waals surface area contributed by atoms with Crippen LogP contribution in [0, 0.1) is 5.82 Å². The summed E-state index contributed by atoms with van der Waals surface area (Å²) in [4.78, 5) is 4.16. The molecule has 2 N–H and O–H groups in total. The van der Waals surface area contributed by atoms with Crippen LogP contribution in [0.1, 0.15) is 17.4 Å². The fourth-order valence-electron chi connectivity index (χ4n) is 1.71. The SMILES string of the molecule is Cn1ccnc1CC(N)c1cccc(Cl)c1F. The zero-order chi connectivity index (χ0) is 12.4. The van der Waals surface area contributed by atoms with Gasteiger partial charge in [-0.05, 0) is 6.07 Å². The van der Waals surface area contributed by atoms with Gasteiger partial charge in [0.25, 0.3) is 0 Å². The third-order valence-electron chi connectivity index (χ3n) is 2.70. The van der Waals surface area contributed by atoms with Crippen LogP contribution in [0.5, 0.6) is 0 Å². The van der Waals surface area contributed by atoms with Crippen molar-refractivity contribution in [2.24, 2.45) is 12.8 Å². The molecule has 1 atom stereocenters. The van der Waals surface area contributed by atoms with Crippen molar-refractivity contribution in [3.63, 3.8) is 0 Å². The molecule has 0 aliphatic rings. The highest BCUT2D eigenvalue weighted by Crippen LogP contribution is 2.23. The van der Waals surface area contributed by atoms with E-state index >= 15 is 0 Å². The number of nitrogens with zero attached hydrogens (tertiary/aromatic N) is 2. The summed E-state index contributed by atoms with van der Waals surface area (Å²) in [6.45, 7) is 0. The summed E-state index contributed by atoms with van der Waals surface area (Å²) in [7, 11) is 1.88. The molecule has 1 aromatic heterocycles. The van der Waals surface area contributed by atoms with Crippen LogP contribution >= 0.6 is 11.6 Å². The van der Waals surface area contributed by atoms with Crippen molar-refractivity contribution in [1.29, 1.82) is 0 Å². The number of hydrogen-bond acceptors (Lipinski definition) is 2. The fraction of sp³-hybridized carbons (Fsp3) is 0.250. The van der Waals surface area contributed by atoms with Crippen LogP contribution < -0.4 is 5.73 Å². The number of aryl methyl sites for hydroxylation is 1. The monoisotopic (exact) mass is 253 g/mol. The summed E-state index contributed by atoms with van der Waals surface area (Å²) >= 11 is 5.72. The third-order valence-corrected chi connectivity index (χ3v) is 3.00. The van der Waals surface area contributed by atoms with Crippen LogP contribution in [0.2, 0.25) is 5.02 Å². The second-order valence-electron chi connectivity index (χ2n) is 3.91. The van der Waals surface area contributed by atoms with Gasteiger partial charge in [-0.15, -0.1) is 0 Å². The highest BCUT2D eigenvalue weighted by Gasteiger charge is 2.15. The lowest BCUT2D eigenvalue weighted by Crippen LogP contribution is -2.17. The molecule has 5 heteroatoms. The van der Waals surface area contributed by atoms with Crippen LogP contribution in [-0.2, 0) is 13.5 Å². The smallest absolute Gasteiger partial charge is 0.146 e. The molecule has 1 heterocycles. The Hall–Kier alpha value is -1.39. The van der Waals surface area contributed by atoms with Gasteiger partial charge in [0, 0.05) is 37.5 Å². The van der Waals surface area contributed by atoms with Crippen molar-refractivity contribution in [3.05, 3.63) is 52.8 Å². The van der Waals surface area contributed by atoms with Crippen molar-refractivity contribution < 1.29 is 4.39 Å². The summed E-state index contributed by atoms with van der Waals surface area (Å²) in [6, 6.07) is 4.40. The number of rotatable bonds is 3. The summed E-state index contributed by atoms with van der Waals surface area (Å²) in [5.41, 5.74) is 6.39. The van der Waals surface area contributed by atoms with E-state index in [0.717, 1.165) is 5.82 Å². The van der Waals surface area contributed by atoms with Gasteiger partial charge in [-0.25, -0.2) is 9.37 Å². The molecule has 0 amide bonds. The largest absolute Gasteiger partial charge is 0.338 e. The molecule has 0 saturated heterocycles. The Morgan fingerprint density at radius 2 is 2.29 bits per heavy atom. The molecule has 0 radical (unpaired) electrons. The van der Waals surface area contributed by atoms with Gasteiger partial charge in [-0.2, -0.15) is 0 Å². The Bertz CT molecular complexity index is 524. The Morgan fingerprint density at radius 3 is 2.94 bits per heavy atom. The van der Waals surface area contributed by atoms with Gasteiger partial charge in [0.15, 0.2) is 0 Å². The molecule has 0 saturated carbocycles. The van der Waals surface area contributed by atoms with E-state index < -0.39 is 11.9 Å². The second-order valence-corrected chi connectivity index (χ2v) is 4.32. The normalized spacial score (nSPS) is 12.7. The predicted octanol–water partition coefficient (Wildman–Crippen LogP) is 2.46. The van der Waals surface area contributed by atoms with E-state index in [2.05, 4.69) is 4.98 Å². The minimum absolute atomic E-state index is 0.0952. The highest BCUT2D eigenvalue weighted by atomic mass is 35.5. The molecule has 0 spiro atoms. The van der Waals surface area contributed by atoms with Crippen LogP contribution in [0.25, 0.3) is 0 Å². The van der Waals surface area contributed by atoms with Crippen LogP contribution in [0.3, 0.4) is 0 Å². The zero-order valence-corrected chi connectivity index (χ0v) is 10.2. The quantitative estimate of drug-likeness (QED) is 0.913. The van der Waals surface area contributed by atoms with E-state index in [1.165, 1.54) is 6.07 Å². The Balaban J connectivity index is 2.23. The van der Waals surface area contributed by atoms with E-state index in [0.29, 0.717) is 12.0 Å². The summed E-state index contributed by atoms with van der Waals surface area (Å²) < 4.78 is 15.6. The molecule has 0 fully saturated rings.